The van der Waals surface area contributed by atoms with E-state index in [1.807, 2.05) is 47.5 Å². The Balaban J connectivity index is 1.36. The molecule has 0 bridgehead atoms. The number of anilines is 1. The number of oxazole rings is 1. The number of ether oxygens (including phenoxy) is 2. The quantitative estimate of drug-likeness (QED) is 0.331. The van der Waals surface area contributed by atoms with Gasteiger partial charge in [-0.1, -0.05) is 19.1 Å². The number of hydrogen-bond donors (Lipinski definition) is 1. The van der Waals surface area contributed by atoms with Crippen LogP contribution in [0.3, 0.4) is 0 Å². The minimum Gasteiger partial charge on any atom is -0.493 e. The summed E-state index contributed by atoms with van der Waals surface area (Å²) in [4.78, 5) is 28.0. The molecular weight excluding hydrogens is 516 g/mol. The van der Waals surface area contributed by atoms with Crippen LogP contribution in [0, 0.1) is 0 Å². The van der Waals surface area contributed by atoms with E-state index in [2.05, 4.69) is 17.2 Å². The first-order valence-electron chi connectivity index (χ1n) is 13.2. The van der Waals surface area contributed by atoms with Crippen LogP contribution in [0.2, 0.25) is 0 Å². The van der Waals surface area contributed by atoms with E-state index in [0.29, 0.717) is 18.0 Å². The van der Waals surface area contributed by atoms with Gasteiger partial charge in [-0.2, -0.15) is 5.10 Å². The predicted molar refractivity (Wildman–Crippen MR) is 150 cm³/mol. The van der Waals surface area contributed by atoms with E-state index < -0.39 is 5.37 Å². The monoisotopic (exact) mass is 548 g/mol. The average Bonchev–Trinajstić information content (AvgIpc) is 3.69. The Kier molecular flexibility index (Phi) is 8.51. The maximum Gasteiger partial charge on any atom is 0.293 e. The number of nitrogens with zero attached hydrogens (tertiary/aromatic N) is 3. The number of carbonyl (C=O) groups excluding carboxylic acids is 2. The van der Waals surface area contributed by atoms with Crippen molar-refractivity contribution in [1.29, 1.82) is 0 Å². The van der Waals surface area contributed by atoms with E-state index in [9.17, 15) is 9.59 Å². The Labute approximate surface area is 232 Å². The second kappa shape index (κ2) is 12.4. The maximum absolute atomic E-state index is 12.2. The summed E-state index contributed by atoms with van der Waals surface area (Å²) in [5.74, 6) is 1.21. The van der Waals surface area contributed by atoms with Gasteiger partial charge in [0.25, 0.3) is 5.91 Å². The van der Waals surface area contributed by atoms with Crippen molar-refractivity contribution in [2.45, 2.75) is 62.3 Å². The summed E-state index contributed by atoms with van der Waals surface area (Å²) < 4.78 is 16.9. The third-order valence-electron chi connectivity index (χ3n) is 6.89. The lowest BCUT2D eigenvalue weighted by molar-refractivity contribution is -0.110. The molecule has 10 heteroatoms. The van der Waals surface area contributed by atoms with E-state index in [1.54, 1.807) is 18.9 Å². The number of carbonyl (C=O) groups is 2. The Morgan fingerprint density at radius 3 is 2.64 bits per heavy atom. The summed E-state index contributed by atoms with van der Waals surface area (Å²) in [5, 5.41) is 9.26. The minimum absolute atomic E-state index is 0.0675. The Hall–Kier alpha value is -3.79. The number of methoxy groups -OCH3 is 1. The van der Waals surface area contributed by atoms with Crippen molar-refractivity contribution in [2.24, 2.45) is 5.10 Å². The van der Waals surface area contributed by atoms with E-state index in [1.165, 1.54) is 25.4 Å². The lowest BCUT2D eigenvalue weighted by Crippen LogP contribution is -2.39. The smallest absolute Gasteiger partial charge is 0.293 e. The number of nitrogens with one attached hydrogen (secondary N) is 1. The molecule has 1 aliphatic carbocycles. The molecule has 2 heterocycles. The highest BCUT2D eigenvalue weighted by Gasteiger charge is 2.32. The lowest BCUT2D eigenvalue weighted by atomic mass is 10.0. The van der Waals surface area contributed by atoms with Gasteiger partial charge in [0.1, 0.15) is 5.37 Å². The van der Waals surface area contributed by atoms with Crippen molar-refractivity contribution in [3.05, 3.63) is 71.9 Å². The third-order valence-corrected chi connectivity index (χ3v) is 8.41. The molecule has 0 saturated heterocycles. The van der Waals surface area contributed by atoms with Gasteiger partial charge in [-0.05, 0) is 68.0 Å². The summed E-state index contributed by atoms with van der Waals surface area (Å²) in [6.45, 7) is 2.55. The molecule has 204 valence electrons. The van der Waals surface area contributed by atoms with Crippen LogP contribution in [0.5, 0.6) is 11.5 Å². The molecule has 1 unspecified atom stereocenters. The molecule has 39 heavy (non-hydrogen) atoms. The van der Waals surface area contributed by atoms with Crippen molar-refractivity contribution in [3.63, 3.8) is 0 Å². The molecule has 3 aromatic rings. The Morgan fingerprint density at radius 1 is 1.18 bits per heavy atom. The number of aromatic nitrogens is 1. The van der Waals surface area contributed by atoms with Crippen LogP contribution in [-0.2, 0) is 11.3 Å². The van der Waals surface area contributed by atoms with Crippen molar-refractivity contribution in [2.75, 3.05) is 12.4 Å². The molecule has 1 amide bonds. The number of thioether (sulfide) groups is 1. The second-order valence-corrected chi connectivity index (χ2v) is 10.9. The molecule has 0 radical (unpaired) electrons. The number of benzene rings is 2. The van der Waals surface area contributed by atoms with E-state index in [0.717, 1.165) is 48.1 Å². The summed E-state index contributed by atoms with van der Waals surface area (Å²) in [6.07, 6.45) is 9.05. The zero-order valence-electron chi connectivity index (χ0n) is 22.0. The molecular formula is C29H32N4O5S. The van der Waals surface area contributed by atoms with Gasteiger partial charge >= 0.3 is 0 Å². The van der Waals surface area contributed by atoms with Crippen molar-refractivity contribution < 1.29 is 23.5 Å². The van der Waals surface area contributed by atoms with Crippen LogP contribution in [0.1, 0.15) is 60.7 Å². The van der Waals surface area contributed by atoms with Gasteiger partial charge in [0.05, 0.1) is 36.9 Å². The number of rotatable bonds is 10. The van der Waals surface area contributed by atoms with Crippen LogP contribution < -0.4 is 14.8 Å². The molecule has 1 fully saturated rings. The average molecular weight is 549 g/mol. The highest BCUT2D eigenvalue weighted by atomic mass is 32.2. The van der Waals surface area contributed by atoms with E-state index >= 15 is 0 Å². The van der Waals surface area contributed by atoms with Gasteiger partial charge in [0.2, 0.25) is 5.76 Å². The number of hydrogen-bond acceptors (Lipinski definition) is 9. The first-order chi connectivity index (χ1) is 19.1. The van der Waals surface area contributed by atoms with Crippen LogP contribution in [0.15, 0.2) is 64.6 Å². The zero-order chi connectivity index (χ0) is 27.2. The van der Waals surface area contributed by atoms with Crippen molar-refractivity contribution >= 4 is 35.4 Å². The molecule has 2 aliphatic rings. The largest absolute Gasteiger partial charge is 0.493 e. The Morgan fingerprint density at radius 2 is 1.97 bits per heavy atom. The van der Waals surface area contributed by atoms with E-state index in [4.69, 9.17) is 19.0 Å². The van der Waals surface area contributed by atoms with Crippen molar-refractivity contribution in [3.8, 4) is 11.5 Å². The maximum atomic E-state index is 12.2. The highest BCUT2D eigenvalue weighted by Crippen LogP contribution is 2.37. The van der Waals surface area contributed by atoms with Gasteiger partial charge in [-0.25, -0.2) is 4.98 Å². The van der Waals surface area contributed by atoms with Gasteiger partial charge in [-0.15, -0.1) is 11.8 Å². The van der Waals surface area contributed by atoms with Crippen molar-refractivity contribution in [1.82, 2.24) is 9.99 Å². The standard InChI is InChI=1S/C29H32N4O5S/c1-3-26-28(20-10-13-23(36-2)24(14-20)38-22-6-4-5-7-22)32-33(27(17-34)39-26)16-19-8-11-21(12-9-19)31-29(35)25-15-30-18-37-25/h8-15,17-18,22,26-27H,3-7,16H2,1-2H3,(H,31,35)/t26-,27?/m1/s1. The summed E-state index contributed by atoms with van der Waals surface area (Å²) in [5.41, 5.74) is 3.46. The summed E-state index contributed by atoms with van der Waals surface area (Å²) >= 11 is 1.60. The number of amides is 1. The van der Waals surface area contributed by atoms with Crippen LogP contribution in [0.25, 0.3) is 0 Å². The first-order valence-corrected chi connectivity index (χ1v) is 14.1. The lowest BCUT2D eigenvalue weighted by Gasteiger charge is -2.35. The fraction of sp³-hybridized carbons (Fsp3) is 0.379. The van der Waals surface area contributed by atoms with Gasteiger partial charge < -0.3 is 24.0 Å². The third kappa shape index (κ3) is 6.27. The molecule has 1 saturated carbocycles. The minimum atomic E-state index is -0.406. The molecule has 1 N–H and O–H groups in total. The molecule has 1 aliphatic heterocycles. The molecule has 5 rings (SSSR count). The van der Waals surface area contributed by atoms with E-state index in [-0.39, 0.29) is 23.0 Å². The zero-order valence-corrected chi connectivity index (χ0v) is 22.9. The second-order valence-electron chi connectivity index (χ2n) is 9.55. The SMILES string of the molecule is CC[C@H]1SC(C=O)N(Cc2ccc(NC(=O)c3cnco3)cc2)N=C1c1ccc(OC)c(OC2CCCC2)c1. The number of hydrazone groups is 1. The highest BCUT2D eigenvalue weighted by molar-refractivity contribution is 8.01. The Bertz CT molecular complexity index is 1310. The molecule has 0 spiro atoms. The summed E-state index contributed by atoms with van der Waals surface area (Å²) in [6, 6.07) is 13.4. The van der Waals surface area contributed by atoms with Gasteiger partial charge in [-0.3, -0.25) is 9.80 Å². The van der Waals surface area contributed by atoms with Crippen LogP contribution in [0.4, 0.5) is 5.69 Å². The predicted octanol–water partition coefficient (Wildman–Crippen LogP) is 5.51. The fourth-order valence-electron chi connectivity index (χ4n) is 4.84. The molecule has 2 aromatic carbocycles. The van der Waals surface area contributed by atoms with Gasteiger partial charge in [0.15, 0.2) is 24.2 Å². The molecule has 2 atom stereocenters. The number of aldehydes is 1. The normalized spacial score (nSPS) is 19.4. The fourth-order valence-corrected chi connectivity index (χ4v) is 6.01. The summed E-state index contributed by atoms with van der Waals surface area (Å²) in [7, 11) is 1.65. The van der Waals surface area contributed by atoms with Gasteiger partial charge in [0, 0.05) is 11.3 Å². The molecule has 9 nitrogen and oxygen atoms in total. The molecule has 1 aromatic heterocycles. The topological polar surface area (TPSA) is 106 Å². The first kappa shape index (κ1) is 26.8. The van der Waals surface area contributed by atoms with Crippen LogP contribution >= 0.6 is 11.8 Å². The van der Waals surface area contributed by atoms with Crippen LogP contribution in [-0.4, -0.2) is 51.7 Å².